The fraction of sp³-hybridized carbons (Fsp3) is 0.667. The lowest BCUT2D eigenvalue weighted by molar-refractivity contribution is -0.127. The van der Waals surface area contributed by atoms with Gasteiger partial charge in [0.15, 0.2) is 0 Å². The number of carbonyl (C=O) groups is 1. The van der Waals surface area contributed by atoms with Crippen LogP contribution in [0.3, 0.4) is 0 Å². The van der Waals surface area contributed by atoms with Gasteiger partial charge in [0.05, 0.1) is 6.10 Å². The molecule has 2 fully saturated rings. The van der Waals surface area contributed by atoms with Gasteiger partial charge in [-0.1, -0.05) is 18.2 Å². The molecule has 2 aliphatic rings. The van der Waals surface area contributed by atoms with Crippen molar-refractivity contribution in [3.05, 3.63) is 24.3 Å². The van der Waals surface area contributed by atoms with E-state index < -0.39 is 0 Å². The molecule has 0 aromatic carbocycles. The van der Waals surface area contributed by atoms with E-state index in [0.717, 1.165) is 39.3 Å². The van der Waals surface area contributed by atoms with E-state index >= 15 is 0 Å². The Labute approximate surface area is 115 Å². The first kappa shape index (κ1) is 14.3. The summed E-state index contributed by atoms with van der Waals surface area (Å²) in [5.41, 5.74) is 0. The number of hydrogen-bond donors (Lipinski definition) is 0. The van der Waals surface area contributed by atoms with Crippen molar-refractivity contribution in [3.8, 4) is 0 Å². The maximum atomic E-state index is 11.9. The van der Waals surface area contributed by atoms with E-state index in [0.29, 0.717) is 6.10 Å². The van der Waals surface area contributed by atoms with Crippen molar-refractivity contribution < 1.29 is 9.53 Å². The van der Waals surface area contributed by atoms with E-state index in [1.807, 2.05) is 24.0 Å². The number of nitrogens with zero attached hydrogens (tertiary/aromatic N) is 2. The van der Waals surface area contributed by atoms with Gasteiger partial charge in [-0.15, -0.1) is 0 Å². The van der Waals surface area contributed by atoms with E-state index in [-0.39, 0.29) is 5.91 Å². The van der Waals surface area contributed by atoms with Gasteiger partial charge < -0.3 is 9.64 Å². The molecule has 106 valence electrons. The summed E-state index contributed by atoms with van der Waals surface area (Å²) < 4.78 is 5.65. The minimum absolute atomic E-state index is 0.120. The third-order valence-electron chi connectivity index (χ3n) is 3.71. The van der Waals surface area contributed by atoms with E-state index in [9.17, 15) is 4.79 Å². The second kappa shape index (κ2) is 7.46. The van der Waals surface area contributed by atoms with Crippen LogP contribution in [0.4, 0.5) is 0 Å². The average Bonchev–Trinajstić information content (AvgIpc) is 2.93. The van der Waals surface area contributed by atoms with Crippen LogP contribution in [0.15, 0.2) is 24.3 Å². The van der Waals surface area contributed by atoms with Crippen LogP contribution in [0.1, 0.15) is 19.8 Å². The normalized spacial score (nSPS) is 25.7. The van der Waals surface area contributed by atoms with Crippen LogP contribution < -0.4 is 0 Å². The van der Waals surface area contributed by atoms with Gasteiger partial charge in [-0.05, 0) is 19.8 Å². The van der Waals surface area contributed by atoms with Crippen molar-refractivity contribution in [3.63, 3.8) is 0 Å². The van der Waals surface area contributed by atoms with E-state index in [2.05, 4.69) is 4.90 Å². The summed E-state index contributed by atoms with van der Waals surface area (Å²) in [6.07, 6.45) is 10.0. The number of hydrogen-bond acceptors (Lipinski definition) is 3. The third-order valence-corrected chi connectivity index (χ3v) is 3.71. The summed E-state index contributed by atoms with van der Waals surface area (Å²) in [7, 11) is 0. The highest BCUT2D eigenvalue weighted by Crippen LogP contribution is 2.14. The molecule has 0 spiro atoms. The second-order valence-electron chi connectivity index (χ2n) is 5.15. The van der Waals surface area contributed by atoms with Gasteiger partial charge in [-0.25, -0.2) is 0 Å². The Morgan fingerprint density at radius 3 is 2.68 bits per heavy atom. The lowest BCUT2D eigenvalue weighted by Gasteiger charge is -2.35. The fourth-order valence-electron chi connectivity index (χ4n) is 2.58. The van der Waals surface area contributed by atoms with Crippen molar-refractivity contribution >= 4 is 5.91 Å². The molecule has 2 saturated heterocycles. The quantitative estimate of drug-likeness (QED) is 0.569. The molecule has 0 aliphatic carbocycles. The van der Waals surface area contributed by atoms with Gasteiger partial charge >= 0.3 is 0 Å². The smallest absolute Gasteiger partial charge is 0.246 e. The predicted octanol–water partition coefficient (Wildman–Crippen LogP) is 1.44. The van der Waals surface area contributed by atoms with Crippen molar-refractivity contribution in [2.45, 2.75) is 25.9 Å². The highest BCUT2D eigenvalue weighted by molar-refractivity contribution is 5.87. The van der Waals surface area contributed by atoms with Crippen molar-refractivity contribution in [2.75, 3.05) is 39.3 Å². The first-order chi connectivity index (χ1) is 9.29. The molecule has 0 bridgehead atoms. The fourth-order valence-corrected chi connectivity index (χ4v) is 2.58. The summed E-state index contributed by atoms with van der Waals surface area (Å²) in [4.78, 5) is 16.2. The second-order valence-corrected chi connectivity index (χ2v) is 5.15. The SMILES string of the molecule is C/C=C/C=C/C(=O)N1CCN(C[C@H]2CCCO2)CC1. The van der Waals surface area contributed by atoms with Crippen LogP contribution >= 0.6 is 0 Å². The molecule has 4 nitrogen and oxygen atoms in total. The molecule has 0 unspecified atom stereocenters. The molecule has 1 amide bonds. The van der Waals surface area contributed by atoms with Gasteiger partial charge in [0.1, 0.15) is 0 Å². The number of piperazine rings is 1. The summed E-state index contributed by atoms with van der Waals surface area (Å²) >= 11 is 0. The van der Waals surface area contributed by atoms with Crippen molar-refractivity contribution in [1.82, 2.24) is 9.80 Å². The molecular weight excluding hydrogens is 240 g/mol. The monoisotopic (exact) mass is 264 g/mol. The maximum Gasteiger partial charge on any atom is 0.246 e. The Morgan fingerprint density at radius 2 is 2.05 bits per heavy atom. The summed E-state index contributed by atoms with van der Waals surface area (Å²) in [6.45, 7) is 7.46. The van der Waals surface area contributed by atoms with Crippen LogP contribution in [0.2, 0.25) is 0 Å². The Bertz CT molecular complexity index is 338. The summed E-state index contributed by atoms with van der Waals surface area (Å²) in [5.74, 6) is 0.120. The van der Waals surface area contributed by atoms with Crippen LogP contribution in [0.25, 0.3) is 0 Å². The Hall–Kier alpha value is -1.13. The van der Waals surface area contributed by atoms with Gasteiger partial charge in [-0.2, -0.15) is 0 Å². The topological polar surface area (TPSA) is 32.8 Å². The van der Waals surface area contributed by atoms with Crippen LogP contribution in [0, 0.1) is 0 Å². The molecule has 1 atom stereocenters. The Kier molecular flexibility index (Phi) is 5.61. The van der Waals surface area contributed by atoms with Gasteiger partial charge in [0.2, 0.25) is 5.91 Å². The molecule has 0 radical (unpaired) electrons. The third kappa shape index (κ3) is 4.48. The summed E-state index contributed by atoms with van der Waals surface area (Å²) in [6, 6.07) is 0. The molecule has 4 heteroatoms. The number of rotatable bonds is 4. The Balaban J connectivity index is 1.70. The predicted molar refractivity (Wildman–Crippen MR) is 75.9 cm³/mol. The molecule has 0 aromatic rings. The Morgan fingerprint density at radius 1 is 1.26 bits per heavy atom. The zero-order valence-corrected chi connectivity index (χ0v) is 11.8. The van der Waals surface area contributed by atoms with E-state index in [1.165, 1.54) is 12.8 Å². The molecule has 2 rings (SSSR count). The van der Waals surface area contributed by atoms with Gasteiger partial charge in [0.25, 0.3) is 0 Å². The average molecular weight is 264 g/mol. The molecule has 2 aliphatic heterocycles. The highest BCUT2D eigenvalue weighted by Gasteiger charge is 2.23. The maximum absolute atomic E-state index is 11.9. The summed E-state index contributed by atoms with van der Waals surface area (Å²) in [5, 5.41) is 0. The molecule has 2 heterocycles. The lowest BCUT2D eigenvalue weighted by Crippen LogP contribution is -2.50. The highest BCUT2D eigenvalue weighted by atomic mass is 16.5. The number of amides is 1. The molecular formula is C15H24N2O2. The molecule has 19 heavy (non-hydrogen) atoms. The van der Waals surface area contributed by atoms with Crippen LogP contribution in [-0.2, 0) is 9.53 Å². The molecule has 0 saturated carbocycles. The number of ether oxygens (including phenoxy) is 1. The van der Waals surface area contributed by atoms with Crippen molar-refractivity contribution in [1.29, 1.82) is 0 Å². The van der Waals surface area contributed by atoms with Crippen LogP contribution in [-0.4, -0.2) is 61.1 Å². The first-order valence-corrected chi connectivity index (χ1v) is 7.22. The lowest BCUT2D eigenvalue weighted by atomic mass is 10.2. The minimum atomic E-state index is 0.120. The van der Waals surface area contributed by atoms with E-state index in [1.54, 1.807) is 12.2 Å². The first-order valence-electron chi connectivity index (χ1n) is 7.22. The zero-order chi connectivity index (χ0) is 13.5. The molecule has 0 N–H and O–H groups in total. The largest absolute Gasteiger partial charge is 0.377 e. The van der Waals surface area contributed by atoms with Crippen molar-refractivity contribution in [2.24, 2.45) is 0 Å². The zero-order valence-electron chi connectivity index (χ0n) is 11.8. The van der Waals surface area contributed by atoms with Crippen LogP contribution in [0.5, 0.6) is 0 Å². The van der Waals surface area contributed by atoms with E-state index in [4.69, 9.17) is 4.74 Å². The minimum Gasteiger partial charge on any atom is -0.377 e. The standard InChI is InChI=1S/C15H24N2O2/c1-2-3-4-7-15(18)17-10-8-16(9-11-17)13-14-6-5-12-19-14/h2-4,7,14H,5-6,8-13H2,1H3/b3-2+,7-4+/t14-/m1/s1. The van der Waals surface area contributed by atoms with Gasteiger partial charge in [-0.3, -0.25) is 9.69 Å². The molecule has 0 aromatic heterocycles. The van der Waals surface area contributed by atoms with Gasteiger partial charge in [0, 0.05) is 45.4 Å². The number of carbonyl (C=O) groups excluding carboxylic acids is 1. The number of allylic oxidation sites excluding steroid dienone is 3.